The van der Waals surface area contributed by atoms with E-state index in [1.54, 1.807) is 7.11 Å². The number of rotatable bonds is 10. The number of hydrogen-bond donors (Lipinski definition) is 2. The van der Waals surface area contributed by atoms with Crippen LogP contribution < -0.4 is 10.1 Å². The number of nitrogens with one attached hydrogen (secondary N) is 1. The summed E-state index contributed by atoms with van der Waals surface area (Å²) in [6.07, 6.45) is 1.61. The number of aliphatic hydroxyl groups is 1. The van der Waals surface area contributed by atoms with Crippen molar-refractivity contribution in [2.45, 2.75) is 25.9 Å². The number of benzene rings is 1. The summed E-state index contributed by atoms with van der Waals surface area (Å²) in [6.45, 7) is 4.55. The Hall–Kier alpha value is -1.10. The molecule has 2 N–H and O–H groups in total. The third-order valence-corrected chi connectivity index (χ3v) is 2.86. The Morgan fingerprint density at radius 1 is 1.26 bits per heavy atom. The molecule has 0 aliphatic carbocycles. The van der Waals surface area contributed by atoms with Gasteiger partial charge in [-0.15, -0.1) is 0 Å². The molecule has 1 atom stereocenters. The SMILES string of the molecule is COCCCCNCC(O)COc1ccccc1C. The minimum Gasteiger partial charge on any atom is -0.491 e. The van der Waals surface area contributed by atoms with E-state index in [4.69, 9.17) is 9.47 Å². The zero-order valence-corrected chi connectivity index (χ0v) is 11.9. The van der Waals surface area contributed by atoms with Crippen molar-refractivity contribution < 1.29 is 14.6 Å². The van der Waals surface area contributed by atoms with Crippen LogP contribution in [-0.2, 0) is 4.74 Å². The highest BCUT2D eigenvalue weighted by Crippen LogP contribution is 2.16. The van der Waals surface area contributed by atoms with Crippen molar-refractivity contribution in [1.82, 2.24) is 5.32 Å². The van der Waals surface area contributed by atoms with Crippen molar-refractivity contribution in [3.8, 4) is 5.75 Å². The minimum atomic E-state index is -0.484. The molecule has 0 bridgehead atoms. The van der Waals surface area contributed by atoms with Gasteiger partial charge in [-0.1, -0.05) is 18.2 Å². The van der Waals surface area contributed by atoms with Crippen molar-refractivity contribution in [3.05, 3.63) is 29.8 Å². The summed E-state index contributed by atoms with van der Waals surface area (Å²) in [5, 5.41) is 13.0. The third kappa shape index (κ3) is 7.15. The lowest BCUT2D eigenvalue weighted by molar-refractivity contribution is 0.106. The second-order valence-electron chi connectivity index (χ2n) is 4.63. The first kappa shape index (κ1) is 16.0. The maximum atomic E-state index is 9.79. The van der Waals surface area contributed by atoms with Gasteiger partial charge in [0.25, 0.3) is 0 Å². The molecular weight excluding hydrogens is 242 g/mol. The van der Waals surface area contributed by atoms with Gasteiger partial charge >= 0.3 is 0 Å². The van der Waals surface area contributed by atoms with Crippen LogP contribution in [0, 0.1) is 6.92 Å². The number of aryl methyl sites for hydroxylation is 1. The second kappa shape index (κ2) is 9.78. The maximum absolute atomic E-state index is 9.79. The molecule has 108 valence electrons. The molecule has 4 nitrogen and oxygen atoms in total. The van der Waals surface area contributed by atoms with Gasteiger partial charge in [-0.05, 0) is 37.9 Å². The highest BCUT2D eigenvalue weighted by Gasteiger charge is 2.05. The first-order chi connectivity index (χ1) is 9.24. The largest absolute Gasteiger partial charge is 0.491 e. The molecule has 1 aromatic carbocycles. The zero-order chi connectivity index (χ0) is 13.9. The smallest absolute Gasteiger partial charge is 0.122 e. The molecule has 0 aliphatic heterocycles. The fraction of sp³-hybridized carbons (Fsp3) is 0.600. The molecule has 0 aliphatic rings. The highest BCUT2D eigenvalue weighted by atomic mass is 16.5. The van der Waals surface area contributed by atoms with E-state index < -0.39 is 6.10 Å². The van der Waals surface area contributed by atoms with Crippen molar-refractivity contribution in [2.24, 2.45) is 0 Å². The number of aliphatic hydroxyl groups excluding tert-OH is 1. The number of ether oxygens (including phenoxy) is 2. The molecule has 19 heavy (non-hydrogen) atoms. The van der Waals surface area contributed by atoms with Crippen LogP contribution >= 0.6 is 0 Å². The average Bonchev–Trinajstić information content (AvgIpc) is 2.42. The summed E-state index contributed by atoms with van der Waals surface area (Å²) in [5.74, 6) is 0.835. The van der Waals surface area contributed by atoms with E-state index in [0.29, 0.717) is 13.2 Å². The predicted octanol–water partition coefficient (Wildman–Crippen LogP) is 1.75. The number of unbranched alkanes of at least 4 members (excludes halogenated alkanes) is 1. The molecule has 0 heterocycles. The summed E-state index contributed by atoms with van der Waals surface area (Å²) >= 11 is 0. The maximum Gasteiger partial charge on any atom is 0.122 e. The van der Waals surface area contributed by atoms with Crippen molar-refractivity contribution in [2.75, 3.05) is 33.4 Å². The monoisotopic (exact) mass is 267 g/mol. The molecule has 0 amide bonds. The molecule has 1 aromatic rings. The van der Waals surface area contributed by atoms with Crippen LogP contribution in [0.15, 0.2) is 24.3 Å². The lowest BCUT2D eigenvalue weighted by atomic mass is 10.2. The summed E-state index contributed by atoms with van der Waals surface area (Å²) in [6, 6.07) is 7.82. The van der Waals surface area contributed by atoms with E-state index in [-0.39, 0.29) is 0 Å². The standard InChI is InChI=1S/C15H25NO3/c1-13-7-3-4-8-15(13)19-12-14(17)11-16-9-5-6-10-18-2/h3-4,7-8,14,16-17H,5-6,9-12H2,1-2H3. The second-order valence-corrected chi connectivity index (χ2v) is 4.63. The van der Waals surface area contributed by atoms with Crippen LogP contribution in [0.1, 0.15) is 18.4 Å². The van der Waals surface area contributed by atoms with E-state index in [1.165, 1.54) is 0 Å². The molecule has 0 saturated heterocycles. The molecule has 0 radical (unpaired) electrons. The zero-order valence-electron chi connectivity index (χ0n) is 11.9. The van der Waals surface area contributed by atoms with Crippen LogP contribution in [0.25, 0.3) is 0 Å². The molecule has 0 fully saturated rings. The lowest BCUT2D eigenvalue weighted by Crippen LogP contribution is -2.32. The van der Waals surface area contributed by atoms with Gasteiger partial charge < -0.3 is 19.9 Å². The molecule has 0 spiro atoms. The number of para-hydroxylation sites is 1. The third-order valence-electron chi connectivity index (χ3n) is 2.86. The normalized spacial score (nSPS) is 12.4. The van der Waals surface area contributed by atoms with Crippen LogP contribution in [0.3, 0.4) is 0 Å². The Labute approximate surface area is 115 Å². The summed E-state index contributed by atoms with van der Waals surface area (Å²) in [7, 11) is 1.71. The lowest BCUT2D eigenvalue weighted by Gasteiger charge is -2.14. The molecule has 1 unspecified atom stereocenters. The minimum absolute atomic E-state index is 0.315. The molecule has 0 saturated carbocycles. The van der Waals surface area contributed by atoms with E-state index in [0.717, 1.165) is 37.3 Å². The Morgan fingerprint density at radius 2 is 2.05 bits per heavy atom. The first-order valence-corrected chi connectivity index (χ1v) is 6.80. The molecule has 4 heteroatoms. The van der Waals surface area contributed by atoms with Gasteiger partial charge in [-0.2, -0.15) is 0 Å². The van der Waals surface area contributed by atoms with E-state index in [9.17, 15) is 5.11 Å². The summed E-state index contributed by atoms with van der Waals surface area (Å²) in [5.41, 5.74) is 1.09. The van der Waals surface area contributed by atoms with Gasteiger partial charge in [-0.3, -0.25) is 0 Å². The highest BCUT2D eigenvalue weighted by molar-refractivity contribution is 5.31. The Balaban J connectivity index is 2.08. The van der Waals surface area contributed by atoms with Gasteiger partial charge in [0.15, 0.2) is 0 Å². The fourth-order valence-electron chi connectivity index (χ4n) is 1.73. The number of methoxy groups -OCH3 is 1. The molecule has 1 rings (SSSR count). The Morgan fingerprint density at radius 3 is 2.79 bits per heavy atom. The Kier molecular flexibility index (Phi) is 8.21. The quantitative estimate of drug-likeness (QED) is 0.634. The van der Waals surface area contributed by atoms with Crippen molar-refractivity contribution in [3.63, 3.8) is 0 Å². The van der Waals surface area contributed by atoms with Gasteiger partial charge in [0.2, 0.25) is 0 Å². The van der Waals surface area contributed by atoms with Crippen LogP contribution in [0.2, 0.25) is 0 Å². The van der Waals surface area contributed by atoms with E-state index in [2.05, 4.69) is 5.32 Å². The van der Waals surface area contributed by atoms with Gasteiger partial charge in [0.05, 0.1) is 0 Å². The molecule has 0 aromatic heterocycles. The first-order valence-electron chi connectivity index (χ1n) is 6.80. The summed E-state index contributed by atoms with van der Waals surface area (Å²) < 4.78 is 10.6. The van der Waals surface area contributed by atoms with E-state index in [1.807, 2.05) is 31.2 Å². The topological polar surface area (TPSA) is 50.7 Å². The van der Waals surface area contributed by atoms with Crippen molar-refractivity contribution in [1.29, 1.82) is 0 Å². The van der Waals surface area contributed by atoms with Gasteiger partial charge in [0.1, 0.15) is 18.5 Å². The summed E-state index contributed by atoms with van der Waals surface area (Å²) in [4.78, 5) is 0. The van der Waals surface area contributed by atoms with Gasteiger partial charge in [-0.25, -0.2) is 0 Å². The molecular formula is C15H25NO3. The van der Waals surface area contributed by atoms with Crippen LogP contribution in [-0.4, -0.2) is 44.6 Å². The van der Waals surface area contributed by atoms with Crippen LogP contribution in [0.4, 0.5) is 0 Å². The predicted molar refractivity (Wildman–Crippen MR) is 76.7 cm³/mol. The van der Waals surface area contributed by atoms with Gasteiger partial charge in [0, 0.05) is 20.3 Å². The van der Waals surface area contributed by atoms with Crippen LogP contribution in [0.5, 0.6) is 5.75 Å². The number of hydrogen-bond acceptors (Lipinski definition) is 4. The Bertz CT molecular complexity index is 344. The fourth-order valence-corrected chi connectivity index (χ4v) is 1.73. The van der Waals surface area contributed by atoms with Crippen molar-refractivity contribution >= 4 is 0 Å². The average molecular weight is 267 g/mol. The van der Waals surface area contributed by atoms with E-state index >= 15 is 0 Å².